The van der Waals surface area contributed by atoms with Gasteiger partial charge >= 0.3 is 6.18 Å². The van der Waals surface area contributed by atoms with E-state index < -0.39 is 156 Å². The number of nitrogens with one attached hydrogen (secondary N) is 9. The Bertz CT molecular complexity index is 4500. The fourth-order valence-electron chi connectivity index (χ4n) is 15.2. The van der Waals surface area contributed by atoms with Gasteiger partial charge in [0.25, 0.3) is 0 Å². The van der Waals surface area contributed by atoms with Gasteiger partial charge in [0.2, 0.25) is 65.0 Å². The Labute approximate surface area is 698 Å². The topological polar surface area (TPSA) is 422 Å². The number of carbonyl (C=O) groups is 13. The number of benzene rings is 4. The van der Waals surface area contributed by atoms with E-state index in [-0.39, 0.29) is 116 Å². The lowest BCUT2D eigenvalue weighted by Gasteiger charge is -2.37. The molecule has 11 rings (SSSR count). The number of ketones is 1. The smallest absolute Gasteiger partial charge is 0.430 e. The van der Waals surface area contributed by atoms with Gasteiger partial charge in [0.15, 0.2) is 0 Å². The number of nitrogens with zero attached hydrogens (tertiary/aromatic N) is 4. The number of hydrogen-bond acceptors (Lipinski definition) is 19. The Morgan fingerprint density at radius 3 is 2.04 bits per heavy atom. The number of likely N-dealkylation sites (N-methyl/N-ethyl adjacent to an activating group) is 1. The van der Waals surface area contributed by atoms with Gasteiger partial charge in [0, 0.05) is 94.8 Å². The molecule has 1 unspecified atom stereocenters. The minimum absolute atomic E-state index is 0.0177. The summed E-state index contributed by atoms with van der Waals surface area (Å²) in [5.74, 6) is -12.1. The largest absolute Gasteiger partial charge is 0.542 e. The van der Waals surface area contributed by atoms with Crippen molar-refractivity contribution < 1.29 is 114 Å². The Balaban J connectivity index is 0.00000227. The fourth-order valence-corrected chi connectivity index (χ4v) is 15.2. The predicted molar refractivity (Wildman–Crippen MR) is 429 cm³/mol. The van der Waals surface area contributed by atoms with Crippen LogP contribution in [-0.4, -0.2) is 254 Å². The van der Waals surface area contributed by atoms with Crippen molar-refractivity contribution in [3.63, 3.8) is 0 Å². The van der Waals surface area contributed by atoms with Crippen LogP contribution in [0.25, 0.3) is 10.9 Å². The van der Waals surface area contributed by atoms with Crippen LogP contribution in [0.1, 0.15) is 137 Å². The summed E-state index contributed by atoms with van der Waals surface area (Å²) in [5.41, 5.74) is 2.66. The molecule has 0 spiro atoms. The highest BCUT2D eigenvalue weighted by Gasteiger charge is 2.50. The second-order valence-corrected chi connectivity index (χ2v) is 32.4. The summed E-state index contributed by atoms with van der Waals surface area (Å²) in [6, 6.07) is 13.4. The predicted octanol–water partition coefficient (Wildman–Crippen LogP) is 1.78. The lowest BCUT2D eigenvalue weighted by atomic mass is 9.95. The minimum atomic E-state index is -5.19. The lowest BCUT2D eigenvalue weighted by molar-refractivity contribution is -0.870. The number of aliphatic hydroxyl groups is 1. The van der Waals surface area contributed by atoms with E-state index in [4.69, 9.17) is 28.8 Å². The number of aliphatic hydroxyl groups excluding tert-OH is 1. The molecule has 7 heterocycles. The summed E-state index contributed by atoms with van der Waals surface area (Å²) in [6.45, 7) is 5.71. The standard InChI is InChI=1S/C83H110FN13O17.C2HF3O2/c1-51-75(103)89-64(26-23-60(99)32-39-112-41-42-113-40-38-97(4,5)6)76(104)90-65-45-55-13-11-14-56(43-55)48-86-72(102)50-114-69-31-37-95-74(69)79(107)93-73(52(2)98)78(106)92-66(44-54-18-24-61(111-7)25-19-54)81(109)96-36-12-33-83(96,3)82(110)85-34-30-53-16-20-57(21-17-53)63(88-71(101)29-28-70(100)87-51)15-9-8-10-35-94-49-58(46-67(80(95)108)91-77(65)105)62-47-59(84)22-27-68(62)94;3-2(4,5)1(6)7/h11,13-14,16-22,24-25,27,43,47,49,51-52,63-67,69,73-74,98H,8-10,12,15,23,26,28-42,44-46,48,50H2,1-7H3,(H8-,85,86,87,88,89,90,91,92,93,100,101,102,103,104,105,106,107,110);(H,6,7)/t51-,52+,63+,64+,65-,66-,67-,69?,73-,74-,83-;/m0./s1. The number of aryl methyl sites for hydroxylation is 1. The maximum absolute atomic E-state index is 16.3. The number of carboxylic acids is 1. The number of aliphatic carboxylic acids is 1. The van der Waals surface area contributed by atoms with E-state index in [1.807, 2.05) is 50.0 Å². The third-order valence-corrected chi connectivity index (χ3v) is 22.1. The summed E-state index contributed by atoms with van der Waals surface area (Å²) < 4.78 is 73.1. The Morgan fingerprint density at radius 2 is 1.35 bits per heavy atom. The van der Waals surface area contributed by atoms with E-state index >= 15 is 33.2 Å². The zero-order valence-corrected chi connectivity index (χ0v) is 69.2. The van der Waals surface area contributed by atoms with Crippen LogP contribution in [0.5, 0.6) is 5.75 Å². The number of halogens is 4. The molecule has 6 aliphatic heterocycles. The molecule has 6 aliphatic rings. The first-order valence-corrected chi connectivity index (χ1v) is 40.9. The van der Waals surface area contributed by atoms with Gasteiger partial charge in [-0.3, -0.25) is 57.5 Å². The van der Waals surface area contributed by atoms with Crippen LogP contribution in [0.3, 0.4) is 0 Å². The van der Waals surface area contributed by atoms with Crippen molar-refractivity contribution in [3.05, 3.63) is 136 Å². The highest BCUT2D eigenvalue weighted by Crippen LogP contribution is 2.33. The summed E-state index contributed by atoms with van der Waals surface area (Å²) >= 11 is 0. The van der Waals surface area contributed by atoms with Gasteiger partial charge in [-0.05, 0) is 129 Å². The van der Waals surface area contributed by atoms with Gasteiger partial charge in [-0.25, -0.2) is 4.39 Å². The summed E-state index contributed by atoms with van der Waals surface area (Å²) in [5, 5.41) is 46.3. The maximum Gasteiger partial charge on any atom is 0.430 e. The molecule has 5 aromatic rings. The highest BCUT2D eigenvalue weighted by molar-refractivity contribution is 6.00. The van der Waals surface area contributed by atoms with Crippen molar-refractivity contribution in [2.45, 2.75) is 209 Å². The van der Waals surface area contributed by atoms with Crippen molar-refractivity contribution in [2.75, 3.05) is 87.5 Å². The normalized spacial score (nSPS) is 24.4. The molecule has 1 aromatic heterocycles. The van der Waals surface area contributed by atoms with Crippen molar-refractivity contribution in [1.82, 2.24) is 62.2 Å². The molecule has 11 atom stereocenters. The third kappa shape index (κ3) is 27.3. The van der Waals surface area contributed by atoms with Gasteiger partial charge in [0.1, 0.15) is 84.3 Å². The van der Waals surface area contributed by atoms with Crippen LogP contribution in [0, 0.1) is 5.82 Å². The molecule has 0 aliphatic carbocycles. The van der Waals surface area contributed by atoms with Crippen LogP contribution in [0.15, 0.2) is 97.2 Å². The number of rotatable bonds is 16. The quantitative estimate of drug-likeness (QED) is 0.0382. The van der Waals surface area contributed by atoms with Crippen LogP contribution in [0.2, 0.25) is 0 Å². The highest BCUT2D eigenvalue weighted by atomic mass is 19.4. The number of carbonyl (C=O) groups excluding carboxylic acids is 13. The SMILES string of the molecule is COc1ccc(C[C@@H]2NC(=O)[C@H]([C@@H](C)O)NC(=O)[C@@H]3C4CCN3C(=O)[C@@H]3Cc5cn(c6ccc(F)cc56)CCCCC[C@@H](NC(=O)CCC(=O)N[C@@H](C)C(=O)N[C@H](CCC(=O)CCOCCOCC[N+](C)(C)C)C(=O)N[C@@H](Cc5cccc(c5)CNC(=O)CO4)C(=O)N3)c3ccc(cc3)CCNC(=O)[C@]3(C)CCCN3C2=O)cc1.O=C([O-])C(F)(F)F. The van der Waals surface area contributed by atoms with E-state index in [2.05, 4.69) is 47.9 Å². The number of ether oxygens (including phenoxy) is 4. The molecule has 2 fully saturated rings. The Morgan fingerprint density at radius 1 is 0.661 bits per heavy atom. The number of Topliss-reactive ketones (excluding diaryl/α,β-unsaturated/α-hetero) is 1. The Hall–Kier alpha value is -11.0. The number of alkyl halides is 3. The Kier molecular flexibility index (Phi) is 33.8. The van der Waals surface area contributed by atoms with Gasteiger partial charge in [-0.15, -0.1) is 0 Å². The number of carboxylic acid groups (broad SMARTS) is 1. The second-order valence-electron chi connectivity index (χ2n) is 32.4. The molecule has 4 aromatic carbocycles. The van der Waals surface area contributed by atoms with Crippen LogP contribution in [-0.2, 0) is 115 Å². The molecule has 11 amide bonds. The van der Waals surface area contributed by atoms with E-state index in [0.717, 1.165) is 22.6 Å². The average molecular weight is 1690 g/mol. The number of aromatic nitrogens is 1. The molecule has 10 N–H and O–H groups in total. The number of hydrogen-bond donors (Lipinski definition) is 10. The minimum Gasteiger partial charge on any atom is -0.542 e. The molecule has 12 bridgehead atoms. The molecule has 0 radical (unpaired) electrons. The second kappa shape index (κ2) is 43.5. The van der Waals surface area contributed by atoms with Gasteiger partial charge in [-0.2, -0.15) is 13.2 Å². The molecule has 658 valence electrons. The summed E-state index contributed by atoms with van der Waals surface area (Å²) in [6.07, 6.45) is -5.43. The number of fused-ring (bicyclic) bond motifs is 16. The number of methoxy groups -OCH3 is 1. The maximum atomic E-state index is 16.3. The van der Waals surface area contributed by atoms with Crippen LogP contribution >= 0.6 is 0 Å². The number of amides is 11. The van der Waals surface area contributed by atoms with Crippen molar-refractivity contribution in [2.24, 2.45) is 0 Å². The monoisotopic (exact) mass is 1690 g/mol. The molecule has 2 saturated heterocycles. The fraction of sp³-hybridized carbons (Fsp3) is 0.541. The van der Waals surface area contributed by atoms with Gasteiger partial charge < -0.3 is 101 Å². The zero-order chi connectivity index (χ0) is 87.9. The molecule has 121 heavy (non-hydrogen) atoms. The van der Waals surface area contributed by atoms with E-state index in [1.165, 1.54) is 38.0 Å². The molecular weight excluding hydrogens is 1580 g/mol. The van der Waals surface area contributed by atoms with Crippen LogP contribution in [0.4, 0.5) is 17.6 Å². The molecule has 32 nitrogen and oxygen atoms in total. The summed E-state index contributed by atoms with van der Waals surface area (Å²) in [4.78, 5) is 189. The van der Waals surface area contributed by atoms with E-state index in [1.54, 1.807) is 67.7 Å². The van der Waals surface area contributed by atoms with E-state index in [9.17, 15) is 47.0 Å². The van der Waals surface area contributed by atoms with Gasteiger partial charge in [0.05, 0.1) is 72.9 Å². The van der Waals surface area contributed by atoms with Crippen molar-refractivity contribution >= 4 is 87.6 Å². The van der Waals surface area contributed by atoms with Crippen LogP contribution < -0.4 is 57.7 Å². The van der Waals surface area contributed by atoms with E-state index in [0.29, 0.717) is 95.1 Å². The average Bonchev–Trinajstić information content (AvgIpc) is 1.66. The summed E-state index contributed by atoms with van der Waals surface area (Å²) in [7, 11) is 7.61. The first-order valence-electron chi connectivity index (χ1n) is 40.9. The lowest BCUT2D eigenvalue weighted by Crippen LogP contribution is -2.64. The van der Waals surface area contributed by atoms with Gasteiger partial charge in [-0.1, -0.05) is 73.5 Å². The third-order valence-electron chi connectivity index (χ3n) is 22.1. The molecule has 0 saturated carbocycles. The first kappa shape index (κ1) is 93.9. The van der Waals surface area contributed by atoms with Crippen molar-refractivity contribution in [3.8, 4) is 5.75 Å². The van der Waals surface area contributed by atoms with Crippen molar-refractivity contribution in [1.29, 1.82) is 0 Å². The first-order chi connectivity index (χ1) is 57.5. The molecule has 36 heteroatoms. The zero-order valence-electron chi connectivity index (χ0n) is 69.2. The molecular formula is C85H111F4N13O19. The number of quaternary nitrogens is 1.